The first-order chi connectivity index (χ1) is 9.12. The molecule has 0 saturated heterocycles. The molecule has 0 bridgehead atoms. The van der Waals surface area contributed by atoms with E-state index >= 15 is 0 Å². The number of aliphatic imine (C=N–C) groups is 1. The van der Waals surface area contributed by atoms with E-state index in [-0.39, 0.29) is 0 Å². The van der Waals surface area contributed by atoms with Crippen molar-refractivity contribution in [3.63, 3.8) is 0 Å². The summed E-state index contributed by atoms with van der Waals surface area (Å²) in [7, 11) is 8.99. The molecule has 1 aromatic rings. The minimum absolute atomic E-state index is 0.753. The summed E-state index contributed by atoms with van der Waals surface area (Å²) in [6, 6.07) is 5.97. The predicted molar refractivity (Wildman–Crippen MR) is 78.3 cm³/mol. The monoisotopic (exact) mass is 265 g/mol. The van der Waals surface area contributed by atoms with Crippen LogP contribution in [0, 0.1) is 0 Å². The third kappa shape index (κ3) is 4.35. The summed E-state index contributed by atoms with van der Waals surface area (Å²) in [5.74, 6) is 2.39. The summed E-state index contributed by atoms with van der Waals surface area (Å²) in [4.78, 5) is 6.12. The lowest BCUT2D eigenvalue weighted by Crippen LogP contribution is -2.37. The van der Waals surface area contributed by atoms with Gasteiger partial charge in [0.2, 0.25) is 0 Å². The Kier molecular flexibility index (Phi) is 5.99. The van der Waals surface area contributed by atoms with Gasteiger partial charge in [0.05, 0.1) is 14.2 Å². The molecule has 0 saturated carbocycles. The molecule has 5 heteroatoms. The van der Waals surface area contributed by atoms with Gasteiger partial charge in [0, 0.05) is 27.7 Å². The summed E-state index contributed by atoms with van der Waals surface area (Å²) in [5, 5.41) is 3.29. The molecule has 1 rings (SSSR count). The number of guanidine groups is 1. The van der Waals surface area contributed by atoms with Crippen molar-refractivity contribution in [1.82, 2.24) is 10.2 Å². The van der Waals surface area contributed by atoms with Crippen LogP contribution in [0.3, 0.4) is 0 Å². The van der Waals surface area contributed by atoms with Crippen LogP contribution in [0.2, 0.25) is 0 Å². The van der Waals surface area contributed by atoms with Gasteiger partial charge in [-0.3, -0.25) is 4.99 Å². The number of nitrogens with one attached hydrogen (secondary N) is 1. The van der Waals surface area contributed by atoms with Crippen LogP contribution in [0.5, 0.6) is 11.5 Å². The second kappa shape index (κ2) is 7.51. The molecular formula is C14H23N3O2. The Morgan fingerprint density at radius 2 is 1.89 bits per heavy atom. The molecule has 106 valence electrons. The highest BCUT2D eigenvalue weighted by Crippen LogP contribution is 2.27. The van der Waals surface area contributed by atoms with Gasteiger partial charge in [0.15, 0.2) is 17.5 Å². The van der Waals surface area contributed by atoms with Crippen LogP contribution < -0.4 is 14.8 Å². The van der Waals surface area contributed by atoms with Crippen molar-refractivity contribution < 1.29 is 9.47 Å². The molecule has 0 radical (unpaired) electrons. The van der Waals surface area contributed by atoms with Gasteiger partial charge in [-0.15, -0.1) is 0 Å². The van der Waals surface area contributed by atoms with Gasteiger partial charge in [-0.1, -0.05) is 6.07 Å². The van der Waals surface area contributed by atoms with Crippen molar-refractivity contribution in [2.75, 3.05) is 41.9 Å². The molecule has 0 aliphatic carbocycles. The molecule has 1 N–H and O–H groups in total. The highest BCUT2D eigenvalue weighted by atomic mass is 16.5. The molecule has 0 heterocycles. The number of hydrogen-bond acceptors (Lipinski definition) is 3. The predicted octanol–water partition coefficient (Wildman–Crippen LogP) is 1.38. The maximum Gasteiger partial charge on any atom is 0.193 e. The van der Waals surface area contributed by atoms with Crippen LogP contribution >= 0.6 is 0 Å². The molecule has 0 unspecified atom stereocenters. The highest BCUT2D eigenvalue weighted by Gasteiger charge is 2.05. The zero-order valence-corrected chi connectivity index (χ0v) is 12.4. The molecule has 0 aliphatic heterocycles. The van der Waals surface area contributed by atoms with E-state index in [1.165, 1.54) is 5.56 Å². The summed E-state index contributed by atoms with van der Waals surface area (Å²) in [6.45, 7) is 0.820. The summed E-state index contributed by atoms with van der Waals surface area (Å²) >= 11 is 0. The standard InChI is InChI=1S/C14H23N3O2/c1-15-14(17(2)3)16-9-8-11-6-7-12(18-4)13(10-11)19-5/h6-7,10H,8-9H2,1-5H3,(H,15,16). The van der Waals surface area contributed by atoms with E-state index in [4.69, 9.17) is 9.47 Å². The summed E-state index contributed by atoms with van der Waals surface area (Å²) in [6.07, 6.45) is 0.896. The average molecular weight is 265 g/mol. The number of methoxy groups -OCH3 is 2. The van der Waals surface area contributed by atoms with E-state index in [2.05, 4.69) is 10.3 Å². The smallest absolute Gasteiger partial charge is 0.193 e. The Labute approximate surface area is 115 Å². The van der Waals surface area contributed by atoms with Gasteiger partial charge >= 0.3 is 0 Å². The van der Waals surface area contributed by atoms with E-state index in [1.807, 2.05) is 37.2 Å². The Morgan fingerprint density at radius 3 is 2.42 bits per heavy atom. The van der Waals surface area contributed by atoms with Gasteiger partial charge in [0.1, 0.15) is 0 Å². The van der Waals surface area contributed by atoms with Crippen molar-refractivity contribution in [1.29, 1.82) is 0 Å². The maximum atomic E-state index is 5.29. The van der Waals surface area contributed by atoms with Gasteiger partial charge in [0.25, 0.3) is 0 Å². The van der Waals surface area contributed by atoms with Gasteiger partial charge < -0.3 is 19.7 Å². The van der Waals surface area contributed by atoms with Crippen molar-refractivity contribution in [3.05, 3.63) is 23.8 Å². The Balaban J connectivity index is 2.59. The van der Waals surface area contributed by atoms with Crippen LogP contribution in [0.25, 0.3) is 0 Å². The quantitative estimate of drug-likeness (QED) is 0.645. The minimum atomic E-state index is 0.753. The van der Waals surface area contributed by atoms with Crippen molar-refractivity contribution in [3.8, 4) is 11.5 Å². The molecule has 0 spiro atoms. The second-order valence-corrected chi connectivity index (χ2v) is 4.31. The average Bonchev–Trinajstić information content (AvgIpc) is 2.42. The van der Waals surface area contributed by atoms with Crippen LogP contribution in [-0.4, -0.2) is 52.8 Å². The second-order valence-electron chi connectivity index (χ2n) is 4.31. The lowest BCUT2D eigenvalue weighted by atomic mass is 10.1. The first kappa shape index (κ1) is 15.1. The Morgan fingerprint density at radius 1 is 1.21 bits per heavy atom. The van der Waals surface area contributed by atoms with Gasteiger partial charge in [-0.05, 0) is 24.1 Å². The SMILES string of the molecule is CN=C(NCCc1ccc(OC)c(OC)c1)N(C)C. The van der Waals surface area contributed by atoms with Crippen LogP contribution in [0.1, 0.15) is 5.56 Å². The number of benzene rings is 1. The molecule has 0 amide bonds. The fourth-order valence-electron chi connectivity index (χ4n) is 1.79. The van der Waals surface area contributed by atoms with E-state index in [9.17, 15) is 0 Å². The van der Waals surface area contributed by atoms with Crippen LogP contribution in [0.15, 0.2) is 23.2 Å². The van der Waals surface area contributed by atoms with E-state index in [1.54, 1.807) is 21.3 Å². The van der Waals surface area contributed by atoms with Gasteiger partial charge in [-0.2, -0.15) is 0 Å². The van der Waals surface area contributed by atoms with E-state index < -0.39 is 0 Å². The molecule has 5 nitrogen and oxygen atoms in total. The number of ether oxygens (including phenoxy) is 2. The van der Waals surface area contributed by atoms with Crippen molar-refractivity contribution in [2.45, 2.75) is 6.42 Å². The molecule has 0 aliphatic rings. The first-order valence-corrected chi connectivity index (χ1v) is 6.21. The molecule has 0 atom stereocenters. The highest BCUT2D eigenvalue weighted by molar-refractivity contribution is 5.79. The lowest BCUT2D eigenvalue weighted by molar-refractivity contribution is 0.354. The fourth-order valence-corrected chi connectivity index (χ4v) is 1.79. The third-order valence-electron chi connectivity index (χ3n) is 2.78. The number of rotatable bonds is 5. The van der Waals surface area contributed by atoms with Crippen LogP contribution in [-0.2, 0) is 6.42 Å². The normalized spacial score (nSPS) is 11.1. The maximum absolute atomic E-state index is 5.29. The Bertz CT molecular complexity index is 431. The molecule has 19 heavy (non-hydrogen) atoms. The van der Waals surface area contributed by atoms with Gasteiger partial charge in [-0.25, -0.2) is 0 Å². The zero-order chi connectivity index (χ0) is 14.3. The fraction of sp³-hybridized carbons (Fsp3) is 0.500. The zero-order valence-electron chi connectivity index (χ0n) is 12.4. The molecule has 0 fully saturated rings. The number of nitrogens with zero attached hydrogens (tertiary/aromatic N) is 2. The van der Waals surface area contributed by atoms with Crippen molar-refractivity contribution in [2.24, 2.45) is 4.99 Å². The first-order valence-electron chi connectivity index (χ1n) is 6.21. The molecule has 0 aromatic heterocycles. The molecule has 1 aromatic carbocycles. The van der Waals surface area contributed by atoms with E-state index in [0.29, 0.717) is 0 Å². The third-order valence-corrected chi connectivity index (χ3v) is 2.78. The minimum Gasteiger partial charge on any atom is -0.493 e. The summed E-state index contributed by atoms with van der Waals surface area (Å²) < 4.78 is 10.5. The topological polar surface area (TPSA) is 46.1 Å². The Hall–Kier alpha value is -1.91. The lowest BCUT2D eigenvalue weighted by Gasteiger charge is -2.17. The van der Waals surface area contributed by atoms with Crippen LogP contribution in [0.4, 0.5) is 0 Å². The van der Waals surface area contributed by atoms with Crippen molar-refractivity contribution >= 4 is 5.96 Å². The van der Waals surface area contributed by atoms with E-state index in [0.717, 1.165) is 30.4 Å². The molecular weight excluding hydrogens is 242 g/mol. The summed E-state index contributed by atoms with van der Waals surface area (Å²) in [5.41, 5.74) is 1.19. The largest absolute Gasteiger partial charge is 0.493 e. The number of hydrogen-bond donors (Lipinski definition) is 1.